The number of aliphatic hydroxyl groups is 1. The van der Waals surface area contributed by atoms with Crippen LogP contribution < -0.4 is 10.1 Å². The Balaban J connectivity index is 1.73. The molecule has 0 radical (unpaired) electrons. The zero-order valence-electron chi connectivity index (χ0n) is 15.0. The van der Waals surface area contributed by atoms with Gasteiger partial charge in [0.15, 0.2) is 0 Å². The zero-order valence-corrected chi connectivity index (χ0v) is 15.0. The number of ether oxygens (including phenoxy) is 1. The quantitative estimate of drug-likeness (QED) is 0.695. The van der Waals surface area contributed by atoms with Gasteiger partial charge in [0, 0.05) is 19.1 Å². The first kappa shape index (κ1) is 17.5. The molecule has 0 spiro atoms. The highest BCUT2D eigenvalue weighted by molar-refractivity contribution is 5.75. The number of aryl methyl sites for hydroxylation is 1. The first-order valence-corrected chi connectivity index (χ1v) is 8.42. The third-order valence-electron chi connectivity index (χ3n) is 4.63. The Morgan fingerprint density at radius 1 is 1.24 bits per heavy atom. The highest BCUT2D eigenvalue weighted by atomic mass is 16.5. The molecule has 1 aromatic heterocycles. The topological polar surface area (TPSA) is 59.3 Å². The van der Waals surface area contributed by atoms with Crippen molar-refractivity contribution >= 4 is 11.0 Å². The molecule has 0 amide bonds. The third kappa shape index (κ3) is 3.83. The van der Waals surface area contributed by atoms with Crippen molar-refractivity contribution in [2.75, 3.05) is 13.7 Å². The number of fused-ring (bicyclic) bond motifs is 1. The lowest BCUT2D eigenvalue weighted by Gasteiger charge is -2.30. The van der Waals surface area contributed by atoms with Gasteiger partial charge in [-0.1, -0.05) is 24.3 Å². The van der Waals surface area contributed by atoms with Gasteiger partial charge in [0.1, 0.15) is 5.75 Å². The summed E-state index contributed by atoms with van der Waals surface area (Å²) in [6, 6.07) is 14.2. The van der Waals surface area contributed by atoms with E-state index in [-0.39, 0.29) is 6.61 Å². The summed E-state index contributed by atoms with van der Waals surface area (Å²) in [5.74, 6) is 0.846. The predicted octanol–water partition coefficient (Wildman–Crippen LogP) is 2.67. The van der Waals surface area contributed by atoms with Gasteiger partial charge in [-0.2, -0.15) is 0 Å². The van der Waals surface area contributed by atoms with Crippen molar-refractivity contribution in [1.29, 1.82) is 0 Å². The van der Waals surface area contributed by atoms with Crippen LogP contribution in [0.1, 0.15) is 18.1 Å². The van der Waals surface area contributed by atoms with Crippen LogP contribution in [0.15, 0.2) is 48.8 Å². The van der Waals surface area contributed by atoms with Crippen LogP contribution >= 0.6 is 0 Å². The van der Waals surface area contributed by atoms with Crippen LogP contribution in [0.2, 0.25) is 0 Å². The molecule has 0 fully saturated rings. The van der Waals surface area contributed by atoms with Crippen molar-refractivity contribution < 1.29 is 9.84 Å². The Morgan fingerprint density at radius 3 is 2.80 bits per heavy atom. The number of rotatable bonds is 7. The molecule has 0 saturated carbocycles. The highest BCUT2D eigenvalue weighted by Gasteiger charge is 2.24. The van der Waals surface area contributed by atoms with E-state index < -0.39 is 5.54 Å². The smallest absolute Gasteiger partial charge is 0.122 e. The second kappa shape index (κ2) is 7.25. The first-order chi connectivity index (χ1) is 12.0. The molecular formula is C20H25N3O2. The number of imidazole rings is 1. The van der Waals surface area contributed by atoms with E-state index in [1.54, 1.807) is 7.11 Å². The number of aliphatic hydroxyl groups excluding tert-OH is 1. The SMILES string of the molecule is COc1ccccc1CC(C)(CO)NCc1ccc2c(c1)ncn2C. The Bertz CT molecular complexity index is 859. The van der Waals surface area contributed by atoms with Crippen molar-refractivity contribution in [1.82, 2.24) is 14.9 Å². The normalized spacial score (nSPS) is 13.8. The van der Waals surface area contributed by atoms with Crippen LogP contribution in [0, 0.1) is 0 Å². The number of methoxy groups -OCH3 is 1. The molecule has 5 nitrogen and oxygen atoms in total. The molecule has 0 bridgehead atoms. The molecule has 0 aliphatic rings. The molecule has 2 aromatic carbocycles. The van der Waals surface area contributed by atoms with E-state index in [2.05, 4.69) is 28.5 Å². The summed E-state index contributed by atoms with van der Waals surface area (Å²) >= 11 is 0. The van der Waals surface area contributed by atoms with Gasteiger partial charge in [-0.15, -0.1) is 0 Å². The second-order valence-corrected chi connectivity index (χ2v) is 6.74. The largest absolute Gasteiger partial charge is 0.496 e. The molecule has 1 unspecified atom stereocenters. The Hall–Kier alpha value is -2.37. The lowest BCUT2D eigenvalue weighted by atomic mass is 9.92. The Morgan fingerprint density at radius 2 is 2.04 bits per heavy atom. The van der Waals surface area contributed by atoms with Gasteiger partial charge in [-0.05, 0) is 42.7 Å². The van der Waals surface area contributed by atoms with E-state index in [4.69, 9.17) is 4.74 Å². The maximum atomic E-state index is 9.94. The third-order valence-corrected chi connectivity index (χ3v) is 4.63. The lowest BCUT2D eigenvalue weighted by molar-refractivity contribution is 0.171. The summed E-state index contributed by atoms with van der Waals surface area (Å²) in [5, 5.41) is 13.4. The molecular weight excluding hydrogens is 314 g/mol. The summed E-state index contributed by atoms with van der Waals surface area (Å²) in [4.78, 5) is 4.40. The molecule has 3 rings (SSSR count). The Kier molecular flexibility index (Phi) is 5.06. The second-order valence-electron chi connectivity index (χ2n) is 6.74. The number of para-hydroxylation sites is 1. The molecule has 0 aliphatic heterocycles. The van der Waals surface area contributed by atoms with Gasteiger partial charge in [0.05, 0.1) is 31.1 Å². The van der Waals surface area contributed by atoms with Crippen LogP contribution in [0.25, 0.3) is 11.0 Å². The van der Waals surface area contributed by atoms with Gasteiger partial charge < -0.3 is 19.7 Å². The van der Waals surface area contributed by atoms with E-state index in [0.717, 1.165) is 27.9 Å². The fourth-order valence-corrected chi connectivity index (χ4v) is 3.05. The minimum absolute atomic E-state index is 0.0386. The molecule has 0 saturated heterocycles. The molecule has 132 valence electrons. The molecule has 25 heavy (non-hydrogen) atoms. The standard InChI is InChI=1S/C20H25N3O2/c1-20(13-24,11-16-6-4-5-7-19(16)25-3)22-12-15-8-9-18-17(10-15)21-14-23(18)2/h4-10,14,22,24H,11-13H2,1-3H3. The number of nitrogens with one attached hydrogen (secondary N) is 1. The van der Waals surface area contributed by atoms with Gasteiger partial charge in [-0.25, -0.2) is 4.98 Å². The number of hydrogen-bond donors (Lipinski definition) is 2. The molecule has 2 N–H and O–H groups in total. The average Bonchev–Trinajstić information content (AvgIpc) is 3.01. The fourth-order valence-electron chi connectivity index (χ4n) is 3.05. The van der Waals surface area contributed by atoms with E-state index in [9.17, 15) is 5.11 Å². The Labute approximate surface area is 148 Å². The predicted molar refractivity (Wildman–Crippen MR) is 99.7 cm³/mol. The lowest BCUT2D eigenvalue weighted by Crippen LogP contribution is -2.47. The highest BCUT2D eigenvalue weighted by Crippen LogP contribution is 2.23. The average molecular weight is 339 g/mol. The van der Waals surface area contributed by atoms with Crippen molar-refractivity contribution in [2.24, 2.45) is 7.05 Å². The maximum absolute atomic E-state index is 9.94. The molecule has 5 heteroatoms. The first-order valence-electron chi connectivity index (χ1n) is 8.42. The van der Waals surface area contributed by atoms with Gasteiger partial charge in [-0.3, -0.25) is 0 Å². The summed E-state index contributed by atoms with van der Waals surface area (Å²) in [6.45, 7) is 2.73. The molecule has 3 aromatic rings. The number of nitrogens with zero attached hydrogens (tertiary/aromatic N) is 2. The van der Waals surface area contributed by atoms with Gasteiger partial charge >= 0.3 is 0 Å². The summed E-state index contributed by atoms with van der Waals surface area (Å²) in [5.41, 5.74) is 3.88. The summed E-state index contributed by atoms with van der Waals surface area (Å²) in [7, 11) is 3.66. The minimum atomic E-state index is -0.437. The summed E-state index contributed by atoms with van der Waals surface area (Å²) in [6.07, 6.45) is 2.50. The molecule has 1 heterocycles. The van der Waals surface area contributed by atoms with E-state index >= 15 is 0 Å². The van der Waals surface area contributed by atoms with E-state index in [0.29, 0.717) is 13.0 Å². The van der Waals surface area contributed by atoms with Crippen molar-refractivity contribution in [2.45, 2.75) is 25.4 Å². The summed E-state index contributed by atoms with van der Waals surface area (Å²) < 4.78 is 7.44. The van der Waals surface area contributed by atoms with Crippen molar-refractivity contribution in [3.8, 4) is 5.75 Å². The molecule has 1 atom stereocenters. The van der Waals surface area contributed by atoms with Crippen LogP contribution in [0.5, 0.6) is 5.75 Å². The van der Waals surface area contributed by atoms with Gasteiger partial charge in [0.25, 0.3) is 0 Å². The molecule has 0 aliphatic carbocycles. The van der Waals surface area contributed by atoms with Crippen LogP contribution in [-0.4, -0.2) is 33.9 Å². The fraction of sp³-hybridized carbons (Fsp3) is 0.350. The minimum Gasteiger partial charge on any atom is -0.496 e. The van der Waals surface area contributed by atoms with Crippen LogP contribution in [0.4, 0.5) is 0 Å². The zero-order chi connectivity index (χ0) is 17.9. The van der Waals surface area contributed by atoms with E-state index in [1.807, 2.05) is 49.1 Å². The number of aromatic nitrogens is 2. The van der Waals surface area contributed by atoms with Crippen molar-refractivity contribution in [3.05, 3.63) is 59.9 Å². The van der Waals surface area contributed by atoms with Crippen LogP contribution in [0.3, 0.4) is 0 Å². The van der Waals surface area contributed by atoms with Crippen molar-refractivity contribution in [3.63, 3.8) is 0 Å². The van der Waals surface area contributed by atoms with E-state index in [1.165, 1.54) is 0 Å². The number of benzene rings is 2. The van der Waals surface area contributed by atoms with Gasteiger partial charge in [0.2, 0.25) is 0 Å². The monoisotopic (exact) mass is 339 g/mol. The number of hydrogen-bond acceptors (Lipinski definition) is 4. The van der Waals surface area contributed by atoms with Crippen LogP contribution in [-0.2, 0) is 20.0 Å². The maximum Gasteiger partial charge on any atom is 0.122 e.